The molecule has 0 aromatic heterocycles. The van der Waals surface area contributed by atoms with Crippen molar-refractivity contribution in [2.45, 2.75) is 86.0 Å². The third-order valence-corrected chi connectivity index (χ3v) is 5.89. The summed E-state index contributed by atoms with van der Waals surface area (Å²) in [5.41, 5.74) is 2.07. The van der Waals surface area contributed by atoms with Crippen LogP contribution in [0.4, 0.5) is 0 Å². The van der Waals surface area contributed by atoms with Crippen molar-refractivity contribution in [3.8, 4) is 0 Å². The van der Waals surface area contributed by atoms with Crippen LogP contribution in [-0.4, -0.2) is 17.5 Å². The Kier molecular flexibility index (Phi) is 13.8. The van der Waals surface area contributed by atoms with Gasteiger partial charge in [-0.05, 0) is 68.8 Å². The van der Waals surface area contributed by atoms with E-state index in [1.807, 2.05) is 26.8 Å². The molecule has 0 aliphatic heterocycles. The van der Waals surface area contributed by atoms with Crippen molar-refractivity contribution in [2.24, 2.45) is 5.41 Å². The molecule has 1 fully saturated rings. The zero-order valence-corrected chi connectivity index (χ0v) is 18.5. The Morgan fingerprint density at radius 2 is 1.89 bits per heavy atom. The Bertz CT molecular complexity index is 546. The van der Waals surface area contributed by atoms with Crippen LogP contribution in [-0.2, 0) is 9.59 Å². The summed E-state index contributed by atoms with van der Waals surface area (Å²) in [5.74, 6) is -0.928. The average molecular weight is 396 g/mol. The maximum absolute atomic E-state index is 10.9. The molecule has 154 valence electrons. The van der Waals surface area contributed by atoms with Crippen molar-refractivity contribution in [3.63, 3.8) is 0 Å². The molecular weight excluding hydrogens is 358 g/mol. The van der Waals surface area contributed by atoms with E-state index in [4.69, 9.17) is 5.11 Å². The molecule has 1 amide bonds. The molecule has 27 heavy (non-hydrogen) atoms. The average Bonchev–Trinajstić information content (AvgIpc) is 3.44. The number of carbonyl (C=O) groups is 2. The predicted molar refractivity (Wildman–Crippen MR) is 116 cm³/mol. The van der Waals surface area contributed by atoms with Crippen LogP contribution in [0.1, 0.15) is 86.0 Å². The second kappa shape index (κ2) is 14.6. The molecule has 0 saturated heterocycles. The number of thioether (sulfide) groups is 1. The highest BCUT2D eigenvalue weighted by atomic mass is 32.2. The third kappa shape index (κ3) is 10.4. The zero-order chi connectivity index (χ0) is 20.7. The van der Waals surface area contributed by atoms with Gasteiger partial charge in [-0.1, -0.05) is 51.5 Å². The Hall–Kier alpha value is -1.49. The summed E-state index contributed by atoms with van der Waals surface area (Å²) in [6.45, 7) is 9.81. The number of carboxylic acid groups (broad SMARTS) is 1. The van der Waals surface area contributed by atoms with Crippen molar-refractivity contribution in [1.82, 2.24) is 5.32 Å². The molecule has 0 bridgehead atoms. The van der Waals surface area contributed by atoms with Crippen LogP contribution in [0.15, 0.2) is 33.7 Å². The SMILES string of the molecule is C/C=C(CCCCC1(CCC)CC1)\C(=C/NC=O)S/C=C(\C)C(=O)O.CC. The lowest BCUT2D eigenvalue weighted by Gasteiger charge is -2.14. The first-order chi connectivity index (χ1) is 13.0. The van der Waals surface area contributed by atoms with Crippen LogP contribution in [0.25, 0.3) is 0 Å². The Labute approximate surface area is 169 Å². The molecular formula is C22H37NO3S. The van der Waals surface area contributed by atoms with Crippen LogP contribution < -0.4 is 5.32 Å². The number of amides is 1. The van der Waals surface area contributed by atoms with Crippen molar-refractivity contribution in [3.05, 3.63) is 33.7 Å². The minimum Gasteiger partial charge on any atom is -0.478 e. The van der Waals surface area contributed by atoms with Crippen molar-refractivity contribution >= 4 is 24.1 Å². The molecule has 0 heterocycles. The van der Waals surface area contributed by atoms with E-state index in [-0.39, 0.29) is 5.57 Å². The highest BCUT2D eigenvalue weighted by Crippen LogP contribution is 2.53. The van der Waals surface area contributed by atoms with Gasteiger partial charge in [0.2, 0.25) is 6.41 Å². The quantitative estimate of drug-likeness (QED) is 0.164. The summed E-state index contributed by atoms with van der Waals surface area (Å²) in [6, 6.07) is 0. The van der Waals surface area contributed by atoms with E-state index in [9.17, 15) is 9.59 Å². The fourth-order valence-corrected chi connectivity index (χ4v) is 3.98. The third-order valence-electron chi connectivity index (χ3n) is 4.79. The Balaban J connectivity index is 0.00000326. The predicted octanol–water partition coefficient (Wildman–Crippen LogP) is 6.41. The number of allylic oxidation sites excluding steroid dienone is 2. The van der Waals surface area contributed by atoms with Crippen LogP contribution in [0.3, 0.4) is 0 Å². The molecule has 0 spiro atoms. The van der Waals surface area contributed by atoms with Gasteiger partial charge in [0.1, 0.15) is 0 Å². The topological polar surface area (TPSA) is 66.4 Å². The normalized spacial score (nSPS) is 16.3. The maximum atomic E-state index is 10.9. The summed E-state index contributed by atoms with van der Waals surface area (Å²) in [5, 5.41) is 13.2. The van der Waals surface area contributed by atoms with E-state index >= 15 is 0 Å². The van der Waals surface area contributed by atoms with Crippen LogP contribution >= 0.6 is 11.8 Å². The standard InChI is InChI=1S/C20H31NO3S.C2H6/c1-4-9-20(11-12-20)10-7-6-8-17(5-2)18(13-21-15-22)25-14-16(3)19(23)24;1-2/h5,13-15H,4,6-12H2,1-3H3,(H,21,22)(H,23,24);1-2H3/b16-14+,17-5-,18-13+;. The van der Waals surface area contributed by atoms with Gasteiger partial charge in [0.15, 0.2) is 0 Å². The van der Waals surface area contributed by atoms with E-state index in [2.05, 4.69) is 12.2 Å². The van der Waals surface area contributed by atoms with Crippen LogP contribution in [0.2, 0.25) is 0 Å². The fraction of sp³-hybridized carbons (Fsp3) is 0.636. The van der Waals surface area contributed by atoms with E-state index in [0.29, 0.717) is 11.8 Å². The molecule has 1 aliphatic carbocycles. The molecule has 0 atom stereocenters. The Morgan fingerprint density at radius 3 is 2.37 bits per heavy atom. The lowest BCUT2D eigenvalue weighted by atomic mass is 9.93. The molecule has 1 aliphatic rings. The van der Waals surface area contributed by atoms with Gasteiger partial charge >= 0.3 is 5.97 Å². The minimum atomic E-state index is -0.928. The second-order valence-electron chi connectivity index (χ2n) is 6.79. The number of unbranched alkanes of at least 4 members (excludes halogenated alkanes) is 1. The molecule has 1 saturated carbocycles. The highest BCUT2D eigenvalue weighted by Gasteiger charge is 2.40. The van der Waals surface area contributed by atoms with E-state index in [0.717, 1.165) is 23.3 Å². The lowest BCUT2D eigenvalue weighted by molar-refractivity contribution is -0.132. The molecule has 5 heteroatoms. The number of carbonyl (C=O) groups excluding carboxylic acids is 1. The van der Waals surface area contributed by atoms with Gasteiger partial charge in [-0.15, -0.1) is 0 Å². The monoisotopic (exact) mass is 395 g/mol. The minimum absolute atomic E-state index is 0.285. The second-order valence-corrected chi connectivity index (χ2v) is 7.70. The van der Waals surface area contributed by atoms with Crippen molar-refractivity contribution in [1.29, 1.82) is 0 Å². The summed E-state index contributed by atoms with van der Waals surface area (Å²) in [7, 11) is 0. The molecule has 1 rings (SSSR count). The van der Waals surface area contributed by atoms with Crippen molar-refractivity contribution in [2.75, 3.05) is 0 Å². The fourth-order valence-electron chi connectivity index (χ4n) is 3.07. The molecule has 2 N–H and O–H groups in total. The van der Waals surface area contributed by atoms with Gasteiger partial charge in [0, 0.05) is 16.7 Å². The van der Waals surface area contributed by atoms with Crippen molar-refractivity contribution < 1.29 is 14.7 Å². The molecule has 0 unspecified atom stereocenters. The molecule has 4 nitrogen and oxygen atoms in total. The first-order valence-corrected chi connectivity index (χ1v) is 11.0. The van der Waals surface area contributed by atoms with Gasteiger partial charge in [-0.2, -0.15) is 0 Å². The number of carboxylic acids is 1. The number of rotatable bonds is 13. The van der Waals surface area contributed by atoms with Gasteiger partial charge in [0.25, 0.3) is 0 Å². The van der Waals surface area contributed by atoms with E-state index < -0.39 is 5.97 Å². The number of nitrogens with one attached hydrogen (secondary N) is 1. The molecule has 0 aromatic carbocycles. The van der Waals surface area contributed by atoms with Gasteiger partial charge in [0.05, 0.1) is 0 Å². The zero-order valence-electron chi connectivity index (χ0n) is 17.6. The summed E-state index contributed by atoms with van der Waals surface area (Å²) >= 11 is 1.34. The van der Waals surface area contributed by atoms with Gasteiger partial charge < -0.3 is 10.4 Å². The summed E-state index contributed by atoms with van der Waals surface area (Å²) in [6.07, 6.45) is 14.3. The maximum Gasteiger partial charge on any atom is 0.331 e. The number of hydrogen-bond donors (Lipinski definition) is 2. The highest BCUT2D eigenvalue weighted by molar-refractivity contribution is 8.06. The van der Waals surface area contributed by atoms with E-state index in [1.54, 1.807) is 18.5 Å². The van der Waals surface area contributed by atoms with Gasteiger partial charge in [-0.25, -0.2) is 4.79 Å². The molecule has 0 radical (unpaired) electrons. The summed E-state index contributed by atoms with van der Waals surface area (Å²) < 4.78 is 0. The smallest absolute Gasteiger partial charge is 0.331 e. The largest absolute Gasteiger partial charge is 0.478 e. The Morgan fingerprint density at radius 1 is 1.22 bits per heavy atom. The number of aliphatic carboxylic acids is 1. The van der Waals surface area contributed by atoms with Crippen LogP contribution in [0.5, 0.6) is 0 Å². The molecule has 0 aromatic rings. The van der Waals surface area contributed by atoms with Crippen LogP contribution in [0, 0.1) is 5.41 Å². The lowest BCUT2D eigenvalue weighted by Crippen LogP contribution is -2.03. The number of hydrogen-bond acceptors (Lipinski definition) is 3. The first-order valence-electron chi connectivity index (χ1n) is 10.1. The van der Waals surface area contributed by atoms with Gasteiger partial charge in [-0.3, -0.25) is 4.79 Å². The summed E-state index contributed by atoms with van der Waals surface area (Å²) in [4.78, 5) is 22.4. The first kappa shape index (κ1) is 25.5. The van der Waals surface area contributed by atoms with E-state index in [1.165, 1.54) is 50.3 Å².